The Morgan fingerprint density at radius 1 is 0.871 bits per heavy atom. The van der Waals surface area contributed by atoms with Gasteiger partial charge in [0.15, 0.2) is 0 Å². The summed E-state index contributed by atoms with van der Waals surface area (Å²) in [6.07, 6.45) is 0.974. The number of hydrogen-bond acceptors (Lipinski definition) is 6. The van der Waals surface area contributed by atoms with Gasteiger partial charge in [-0.3, -0.25) is 4.79 Å². The van der Waals surface area contributed by atoms with Crippen LogP contribution in [0.3, 0.4) is 0 Å². The molecule has 0 bridgehead atoms. The Labute approximate surface area is 185 Å². The number of ether oxygens (including phenoxy) is 2. The van der Waals surface area contributed by atoms with E-state index in [0.29, 0.717) is 24.2 Å². The summed E-state index contributed by atoms with van der Waals surface area (Å²) >= 11 is 0. The van der Waals surface area contributed by atoms with E-state index in [1.165, 1.54) is 0 Å². The molecule has 0 aromatic rings. The molecule has 0 aliphatic rings. The Morgan fingerprint density at radius 3 is 1.77 bits per heavy atom. The molecule has 9 nitrogen and oxygen atoms in total. The van der Waals surface area contributed by atoms with E-state index in [-0.39, 0.29) is 12.8 Å². The Balaban J connectivity index is 6.00. The highest BCUT2D eigenvalue weighted by Gasteiger charge is 2.40. The van der Waals surface area contributed by atoms with Crippen LogP contribution in [0.1, 0.15) is 93.9 Å². The molecule has 0 radical (unpaired) electrons. The number of nitrogens with one attached hydrogen (secondary N) is 1. The van der Waals surface area contributed by atoms with Crippen LogP contribution in [0.4, 0.5) is 9.59 Å². The number of rotatable bonds is 10. The van der Waals surface area contributed by atoms with E-state index >= 15 is 0 Å². The Morgan fingerprint density at radius 2 is 1.35 bits per heavy atom. The number of carbonyl (C=O) groups is 4. The second kappa shape index (κ2) is 12.5. The van der Waals surface area contributed by atoms with Crippen LogP contribution >= 0.6 is 0 Å². The van der Waals surface area contributed by atoms with E-state index in [1.54, 1.807) is 41.5 Å². The zero-order chi connectivity index (χ0) is 24.4. The second-order valence-corrected chi connectivity index (χ2v) is 9.53. The maximum atomic E-state index is 13.4. The molecule has 0 heterocycles. The zero-order valence-electron chi connectivity index (χ0n) is 20.2. The molecule has 0 saturated heterocycles. The zero-order valence-corrected chi connectivity index (χ0v) is 20.2. The van der Waals surface area contributed by atoms with Gasteiger partial charge in [0.05, 0.1) is 0 Å². The minimum absolute atomic E-state index is 0.0871. The molecule has 180 valence electrons. The summed E-state index contributed by atoms with van der Waals surface area (Å²) in [5.74, 6) is -2.13. The topological polar surface area (TPSA) is 122 Å². The summed E-state index contributed by atoms with van der Waals surface area (Å²) in [6.45, 7) is 13.7. The molecule has 0 aromatic carbocycles. The van der Waals surface area contributed by atoms with Crippen molar-refractivity contribution < 1.29 is 33.8 Å². The quantitative estimate of drug-likeness (QED) is 0.509. The fourth-order valence-electron chi connectivity index (χ4n) is 2.73. The monoisotopic (exact) mass is 444 g/mol. The maximum Gasteiger partial charge on any atom is 0.417 e. The second-order valence-electron chi connectivity index (χ2n) is 9.53. The molecule has 2 atom stereocenters. The Kier molecular flexibility index (Phi) is 11.6. The maximum absolute atomic E-state index is 13.4. The molecule has 0 aliphatic carbocycles. The van der Waals surface area contributed by atoms with Gasteiger partial charge < -0.3 is 19.9 Å². The fourth-order valence-corrected chi connectivity index (χ4v) is 2.73. The van der Waals surface area contributed by atoms with Gasteiger partial charge in [0.25, 0.3) is 5.91 Å². The van der Waals surface area contributed by atoms with Crippen molar-refractivity contribution in [2.24, 2.45) is 0 Å². The number of amides is 3. The molecule has 0 aliphatic heterocycles. The number of unbranched alkanes of at least 4 members (excludes halogenated alkanes) is 2. The van der Waals surface area contributed by atoms with Gasteiger partial charge in [-0.05, 0) is 54.4 Å². The van der Waals surface area contributed by atoms with Gasteiger partial charge in [-0.25, -0.2) is 19.3 Å². The molecule has 0 spiro atoms. The molecule has 3 amide bonds. The first kappa shape index (κ1) is 28.7. The smallest absolute Gasteiger partial charge is 0.417 e. The van der Waals surface area contributed by atoms with Crippen LogP contribution in [0.15, 0.2) is 0 Å². The average Bonchev–Trinajstić information content (AvgIpc) is 2.58. The van der Waals surface area contributed by atoms with Crippen LogP contribution < -0.4 is 5.32 Å². The molecule has 0 rings (SSSR count). The van der Waals surface area contributed by atoms with Crippen molar-refractivity contribution in [2.45, 2.75) is 117 Å². The lowest BCUT2D eigenvalue weighted by molar-refractivity contribution is -0.150. The van der Waals surface area contributed by atoms with Crippen molar-refractivity contribution in [3.8, 4) is 0 Å². The van der Waals surface area contributed by atoms with E-state index in [0.717, 1.165) is 6.42 Å². The van der Waals surface area contributed by atoms with E-state index < -0.39 is 47.3 Å². The molecular formula is C22H40N2O7. The van der Waals surface area contributed by atoms with Crippen molar-refractivity contribution in [2.75, 3.05) is 0 Å². The summed E-state index contributed by atoms with van der Waals surface area (Å²) < 4.78 is 10.6. The number of carboxylic acids is 1. The number of hydrogen-bond donors (Lipinski definition) is 2. The Hall–Kier alpha value is -2.32. The lowest BCUT2D eigenvalue weighted by atomic mass is 10.0. The predicted octanol–water partition coefficient (Wildman–Crippen LogP) is 4.48. The van der Waals surface area contributed by atoms with Crippen molar-refractivity contribution in [1.29, 1.82) is 0 Å². The van der Waals surface area contributed by atoms with Crippen LogP contribution in [0, 0.1) is 0 Å². The first-order valence-corrected chi connectivity index (χ1v) is 10.9. The van der Waals surface area contributed by atoms with E-state index in [4.69, 9.17) is 9.47 Å². The normalized spacial score (nSPS) is 13.7. The van der Waals surface area contributed by atoms with E-state index in [2.05, 4.69) is 5.32 Å². The first-order chi connectivity index (χ1) is 14.1. The lowest BCUT2D eigenvalue weighted by Gasteiger charge is -2.33. The molecule has 0 aromatic heterocycles. The van der Waals surface area contributed by atoms with E-state index in [9.17, 15) is 24.3 Å². The Bertz CT molecular complexity index is 620. The molecular weight excluding hydrogens is 404 g/mol. The van der Waals surface area contributed by atoms with Gasteiger partial charge in [0.1, 0.15) is 23.3 Å². The van der Waals surface area contributed by atoms with Crippen LogP contribution in [0.5, 0.6) is 0 Å². The molecule has 0 fully saturated rings. The van der Waals surface area contributed by atoms with Gasteiger partial charge in [-0.15, -0.1) is 0 Å². The highest BCUT2D eigenvalue weighted by Crippen LogP contribution is 2.19. The van der Waals surface area contributed by atoms with Crippen LogP contribution in [0.2, 0.25) is 0 Å². The van der Waals surface area contributed by atoms with Crippen LogP contribution in [-0.4, -0.2) is 57.4 Å². The molecule has 2 N–H and O–H groups in total. The number of aliphatic carboxylic acids is 1. The third-order valence-electron chi connectivity index (χ3n) is 4.09. The van der Waals surface area contributed by atoms with Gasteiger partial charge in [0.2, 0.25) is 0 Å². The van der Waals surface area contributed by atoms with E-state index in [1.807, 2.05) is 13.8 Å². The summed E-state index contributed by atoms with van der Waals surface area (Å²) in [7, 11) is 0. The van der Waals surface area contributed by atoms with Crippen molar-refractivity contribution in [1.82, 2.24) is 10.2 Å². The van der Waals surface area contributed by atoms with Crippen molar-refractivity contribution in [3.05, 3.63) is 0 Å². The fraction of sp³-hybridized carbons (Fsp3) is 0.818. The number of nitrogens with zero attached hydrogens (tertiary/aromatic N) is 1. The van der Waals surface area contributed by atoms with Crippen molar-refractivity contribution >= 4 is 24.1 Å². The third kappa shape index (κ3) is 11.6. The first-order valence-electron chi connectivity index (χ1n) is 10.9. The summed E-state index contributed by atoms with van der Waals surface area (Å²) in [4.78, 5) is 51.1. The molecule has 31 heavy (non-hydrogen) atoms. The molecule has 0 unspecified atom stereocenters. The summed E-state index contributed by atoms with van der Waals surface area (Å²) in [5.41, 5.74) is -1.71. The highest BCUT2D eigenvalue weighted by molar-refractivity contribution is 6.00. The van der Waals surface area contributed by atoms with Crippen molar-refractivity contribution in [3.63, 3.8) is 0 Å². The minimum Gasteiger partial charge on any atom is -0.480 e. The average molecular weight is 445 g/mol. The van der Waals surface area contributed by atoms with Gasteiger partial charge in [-0.1, -0.05) is 39.5 Å². The predicted molar refractivity (Wildman–Crippen MR) is 117 cm³/mol. The van der Waals surface area contributed by atoms with Crippen LogP contribution in [0.25, 0.3) is 0 Å². The largest absolute Gasteiger partial charge is 0.480 e. The number of carbonyl (C=O) groups excluding carboxylic acids is 3. The van der Waals surface area contributed by atoms with Gasteiger partial charge >= 0.3 is 18.2 Å². The molecule has 9 heteroatoms. The standard InChI is InChI=1S/C22H40N2O7/c1-9-11-13-15(23-19(28)30-21(3,4)5)17(25)24(20(29)31-22(6,7)8)16(18(26)27)14-12-10-2/h15-16H,9-14H2,1-8H3,(H,23,28)(H,26,27)/t15-,16-/m0/s1. The minimum atomic E-state index is -1.40. The summed E-state index contributed by atoms with van der Waals surface area (Å²) in [5, 5.41) is 12.2. The number of imide groups is 1. The SMILES string of the molecule is CCCC[C@H](NC(=O)OC(C)(C)C)C(=O)N(C(=O)OC(C)(C)C)[C@@H](CCCC)C(=O)O. The molecule has 0 saturated carbocycles. The number of carboxylic acid groups (broad SMARTS) is 1. The lowest BCUT2D eigenvalue weighted by Crippen LogP contribution is -2.57. The van der Waals surface area contributed by atoms with Gasteiger partial charge in [0, 0.05) is 0 Å². The summed E-state index contributed by atoms with van der Waals surface area (Å²) in [6, 6.07) is -2.52. The third-order valence-corrected chi connectivity index (χ3v) is 4.09. The van der Waals surface area contributed by atoms with Crippen LogP contribution in [-0.2, 0) is 19.1 Å². The number of alkyl carbamates (subject to hydrolysis) is 1. The highest BCUT2D eigenvalue weighted by atomic mass is 16.6. The van der Waals surface area contributed by atoms with Gasteiger partial charge in [-0.2, -0.15) is 0 Å².